The molecule has 24 heavy (non-hydrogen) atoms. The number of fused-ring (bicyclic) bond motifs is 1. The first-order valence-electron chi connectivity index (χ1n) is 8.17. The van der Waals surface area contributed by atoms with Crippen LogP contribution in [0.2, 0.25) is 0 Å². The van der Waals surface area contributed by atoms with Crippen molar-refractivity contribution in [1.29, 1.82) is 0 Å². The summed E-state index contributed by atoms with van der Waals surface area (Å²) in [6.07, 6.45) is 2.62. The highest BCUT2D eigenvalue weighted by Gasteiger charge is 2.28. The first kappa shape index (κ1) is 16.3. The SMILES string of the molecule is COc1ccccc1C(=O)/C=C1/NC(C)(C)Cc2ccc(C)cc21. The minimum absolute atomic E-state index is 0.0555. The summed E-state index contributed by atoms with van der Waals surface area (Å²) in [6.45, 7) is 6.37. The molecule has 0 unspecified atom stereocenters. The van der Waals surface area contributed by atoms with E-state index in [1.54, 1.807) is 19.3 Å². The quantitative estimate of drug-likeness (QED) is 0.682. The summed E-state index contributed by atoms with van der Waals surface area (Å²) in [5.41, 5.74) is 4.93. The van der Waals surface area contributed by atoms with Crippen molar-refractivity contribution in [3.8, 4) is 5.75 Å². The Bertz CT molecular complexity index is 818. The number of aryl methyl sites for hydroxylation is 1. The van der Waals surface area contributed by atoms with E-state index in [1.165, 1.54) is 11.1 Å². The Morgan fingerprint density at radius 2 is 1.96 bits per heavy atom. The van der Waals surface area contributed by atoms with Gasteiger partial charge in [0.15, 0.2) is 5.78 Å². The van der Waals surface area contributed by atoms with E-state index in [1.807, 2.05) is 18.2 Å². The zero-order chi connectivity index (χ0) is 17.3. The highest BCUT2D eigenvalue weighted by Crippen LogP contribution is 2.31. The van der Waals surface area contributed by atoms with Crippen LogP contribution in [0.5, 0.6) is 5.75 Å². The van der Waals surface area contributed by atoms with E-state index in [4.69, 9.17) is 4.74 Å². The lowest BCUT2D eigenvalue weighted by Crippen LogP contribution is -2.43. The van der Waals surface area contributed by atoms with Gasteiger partial charge in [0.1, 0.15) is 5.75 Å². The molecule has 3 heteroatoms. The molecule has 2 aromatic rings. The van der Waals surface area contributed by atoms with Gasteiger partial charge < -0.3 is 10.1 Å². The number of nitrogens with one attached hydrogen (secondary N) is 1. The van der Waals surface area contributed by atoms with Crippen LogP contribution in [0.15, 0.2) is 48.5 Å². The average molecular weight is 321 g/mol. The maximum Gasteiger partial charge on any atom is 0.191 e. The molecule has 0 atom stereocenters. The molecule has 0 saturated carbocycles. The first-order chi connectivity index (χ1) is 11.4. The van der Waals surface area contributed by atoms with E-state index < -0.39 is 0 Å². The average Bonchev–Trinajstić information content (AvgIpc) is 2.54. The van der Waals surface area contributed by atoms with Crippen LogP contribution in [-0.4, -0.2) is 18.4 Å². The molecular weight excluding hydrogens is 298 g/mol. The highest BCUT2D eigenvalue weighted by molar-refractivity contribution is 6.10. The van der Waals surface area contributed by atoms with Crippen molar-refractivity contribution in [2.45, 2.75) is 32.7 Å². The number of carbonyl (C=O) groups excluding carboxylic acids is 1. The van der Waals surface area contributed by atoms with Crippen molar-refractivity contribution in [2.24, 2.45) is 0 Å². The Balaban J connectivity index is 2.06. The molecular formula is C21H23NO2. The highest BCUT2D eigenvalue weighted by atomic mass is 16.5. The number of ether oxygens (including phenoxy) is 1. The van der Waals surface area contributed by atoms with Gasteiger partial charge in [-0.15, -0.1) is 0 Å². The number of hydrogen-bond acceptors (Lipinski definition) is 3. The van der Waals surface area contributed by atoms with E-state index in [9.17, 15) is 4.79 Å². The first-order valence-corrected chi connectivity index (χ1v) is 8.17. The minimum Gasteiger partial charge on any atom is -0.496 e. The van der Waals surface area contributed by atoms with E-state index in [0.717, 1.165) is 17.7 Å². The molecule has 1 heterocycles. The Morgan fingerprint density at radius 3 is 2.71 bits per heavy atom. The number of benzene rings is 2. The lowest BCUT2D eigenvalue weighted by Gasteiger charge is -2.35. The molecule has 0 amide bonds. The molecule has 2 aromatic carbocycles. The number of para-hydroxylation sites is 1. The number of carbonyl (C=O) groups is 1. The fourth-order valence-electron chi connectivity index (χ4n) is 3.22. The van der Waals surface area contributed by atoms with Gasteiger partial charge in [-0.2, -0.15) is 0 Å². The van der Waals surface area contributed by atoms with Crippen molar-refractivity contribution in [3.63, 3.8) is 0 Å². The normalized spacial score (nSPS) is 17.1. The molecule has 1 N–H and O–H groups in total. The molecule has 3 rings (SSSR count). The van der Waals surface area contributed by atoms with Gasteiger partial charge in [0.05, 0.1) is 12.7 Å². The van der Waals surface area contributed by atoms with E-state index in [0.29, 0.717) is 11.3 Å². The second-order valence-corrected chi connectivity index (χ2v) is 6.97. The van der Waals surface area contributed by atoms with Gasteiger partial charge in [-0.25, -0.2) is 0 Å². The van der Waals surface area contributed by atoms with Crippen LogP contribution in [0, 0.1) is 6.92 Å². The molecule has 0 aliphatic carbocycles. The molecule has 0 aromatic heterocycles. The van der Waals surface area contributed by atoms with Crippen LogP contribution in [0.3, 0.4) is 0 Å². The van der Waals surface area contributed by atoms with Crippen LogP contribution in [0.4, 0.5) is 0 Å². The molecule has 1 aliphatic rings. The largest absolute Gasteiger partial charge is 0.496 e. The zero-order valence-corrected chi connectivity index (χ0v) is 14.6. The molecule has 0 fully saturated rings. The summed E-state index contributed by atoms with van der Waals surface area (Å²) < 4.78 is 5.31. The van der Waals surface area contributed by atoms with Crippen LogP contribution in [0.1, 0.15) is 40.9 Å². The second kappa shape index (κ2) is 6.16. The predicted molar refractivity (Wildman–Crippen MR) is 97.4 cm³/mol. The maximum absolute atomic E-state index is 12.8. The Kier molecular flexibility index (Phi) is 4.18. The van der Waals surface area contributed by atoms with E-state index >= 15 is 0 Å². The van der Waals surface area contributed by atoms with Crippen LogP contribution < -0.4 is 10.1 Å². The summed E-state index contributed by atoms with van der Waals surface area (Å²) in [7, 11) is 1.58. The third kappa shape index (κ3) is 3.21. The van der Waals surface area contributed by atoms with Gasteiger partial charge in [-0.1, -0.05) is 29.8 Å². The van der Waals surface area contributed by atoms with Crippen LogP contribution in [-0.2, 0) is 6.42 Å². The summed E-state index contributed by atoms with van der Waals surface area (Å²) in [5.74, 6) is 0.541. The van der Waals surface area contributed by atoms with E-state index in [2.05, 4.69) is 44.3 Å². The van der Waals surface area contributed by atoms with Crippen molar-refractivity contribution in [3.05, 3.63) is 70.8 Å². The number of methoxy groups -OCH3 is 1. The van der Waals surface area contributed by atoms with Crippen molar-refractivity contribution >= 4 is 11.5 Å². The topological polar surface area (TPSA) is 38.3 Å². The third-order valence-electron chi connectivity index (χ3n) is 4.31. The minimum atomic E-state index is -0.0881. The fraction of sp³-hybridized carbons (Fsp3) is 0.286. The number of allylic oxidation sites excluding steroid dienone is 1. The van der Waals surface area contributed by atoms with Gasteiger partial charge >= 0.3 is 0 Å². The molecule has 3 nitrogen and oxygen atoms in total. The molecule has 0 radical (unpaired) electrons. The Labute approximate surface area is 143 Å². The smallest absolute Gasteiger partial charge is 0.191 e. The number of rotatable bonds is 3. The van der Waals surface area contributed by atoms with Gasteiger partial charge in [0.25, 0.3) is 0 Å². The van der Waals surface area contributed by atoms with Gasteiger partial charge in [0, 0.05) is 22.9 Å². The fourth-order valence-corrected chi connectivity index (χ4v) is 3.22. The van der Waals surface area contributed by atoms with Gasteiger partial charge in [-0.05, 0) is 51.0 Å². The number of hydrogen-bond donors (Lipinski definition) is 1. The van der Waals surface area contributed by atoms with Gasteiger partial charge in [-0.3, -0.25) is 4.79 Å². The van der Waals surface area contributed by atoms with Crippen molar-refractivity contribution in [2.75, 3.05) is 7.11 Å². The predicted octanol–water partition coefficient (Wildman–Crippen LogP) is 4.15. The maximum atomic E-state index is 12.8. The Morgan fingerprint density at radius 1 is 1.21 bits per heavy atom. The summed E-state index contributed by atoms with van der Waals surface area (Å²) in [6, 6.07) is 13.7. The summed E-state index contributed by atoms with van der Waals surface area (Å²) >= 11 is 0. The molecule has 124 valence electrons. The van der Waals surface area contributed by atoms with Crippen LogP contribution in [0.25, 0.3) is 5.70 Å². The van der Waals surface area contributed by atoms with Gasteiger partial charge in [0.2, 0.25) is 0 Å². The standard InChI is InChI=1S/C21H23NO2/c1-14-9-10-15-13-21(2,3)22-18(17(15)11-14)12-19(23)16-7-5-6-8-20(16)24-4/h5-12,22H,13H2,1-4H3/b18-12+. The zero-order valence-electron chi connectivity index (χ0n) is 14.6. The summed E-state index contributed by atoms with van der Waals surface area (Å²) in [4.78, 5) is 12.8. The molecule has 0 saturated heterocycles. The molecule has 0 bridgehead atoms. The Hall–Kier alpha value is -2.55. The molecule has 0 spiro atoms. The second-order valence-electron chi connectivity index (χ2n) is 6.97. The monoisotopic (exact) mass is 321 g/mol. The lowest BCUT2D eigenvalue weighted by atomic mass is 9.85. The third-order valence-corrected chi connectivity index (χ3v) is 4.31. The summed E-state index contributed by atoms with van der Waals surface area (Å²) in [5, 5.41) is 3.51. The van der Waals surface area contributed by atoms with Crippen molar-refractivity contribution < 1.29 is 9.53 Å². The lowest BCUT2D eigenvalue weighted by molar-refractivity contribution is 0.104. The van der Waals surface area contributed by atoms with Crippen LogP contribution >= 0.6 is 0 Å². The van der Waals surface area contributed by atoms with Crippen molar-refractivity contribution in [1.82, 2.24) is 5.32 Å². The van der Waals surface area contributed by atoms with E-state index in [-0.39, 0.29) is 11.3 Å². The molecule has 1 aliphatic heterocycles. The number of ketones is 1.